The van der Waals surface area contributed by atoms with E-state index in [1.165, 1.54) is 11.3 Å². The smallest absolute Gasteiger partial charge is 0.346 e. The summed E-state index contributed by atoms with van der Waals surface area (Å²) in [6.45, 7) is 2.64. The molecule has 66 valence electrons. The van der Waals surface area contributed by atoms with Crippen LogP contribution in [0.2, 0.25) is 0 Å². The lowest BCUT2D eigenvalue weighted by atomic mass is 10.4. The summed E-state index contributed by atoms with van der Waals surface area (Å²) in [4.78, 5) is 10.8. The van der Waals surface area contributed by atoms with Gasteiger partial charge >= 0.3 is 5.97 Å². The van der Waals surface area contributed by atoms with E-state index in [1.807, 2.05) is 6.92 Å². The zero-order valence-electron chi connectivity index (χ0n) is 6.74. The van der Waals surface area contributed by atoms with Crippen molar-refractivity contribution in [1.82, 2.24) is 0 Å². The van der Waals surface area contributed by atoms with Gasteiger partial charge < -0.3 is 9.84 Å². The fraction of sp³-hybridized carbons (Fsp3) is 0.375. The van der Waals surface area contributed by atoms with Gasteiger partial charge in [0.25, 0.3) is 0 Å². The summed E-state index contributed by atoms with van der Waals surface area (Å²) in [7, 11) is 0. The summed E-state index contributed by atoms with van der Waals surface area (Å²) in [6, 6.07) is 1.54. The van der Waals surface area contributed by atoms with E-state index in [9.17, 15) is 4.79 Å². The minimum atomic E-state index is -0.897. The van der Waals surface area contributed by atoms with Crippen LogP contribution in [0, 0.1) is 0 Å². The lowest BCUT2D eigenvalue weighted by molar-refractivity contribution is 0.0702. The van der Waals surface area contributed by atoms with Gasteiger partial charge in [0.2, 0.25) is 0 Å². The summed E-state index contributed by atoms with van der Waals surface area (Å²) in [5, 5.41) is 10.3. The minimum Gasteiger partial charge on any atom is -0.493 e. The Morgan fingerprint density at radius 2 is 2.50 bits per heavy atom. The van der Waals surface area contributed by atoms with Crippen molar-refractivity contribution in [3.63, 3.8) is 0 Å². The van der Waals surface area contributed by atoms with E-state index in [2.05, 4.69) is 0 Å². The molecular formula is C8H10O3S. The van der Waals surface area contributed by atoms with Gasteiger partial charge in [-0.2, -0.15) is 0 Å². The van der Waals surface area contributed by atoms with Crippen molar-refractivity contribution < 1.29 is 14.6 Å². The molecule has 1 aromatic heterocycles. The van der Waals surface area contributed by atoms with Crippen LogP contribution in [0.5, 0.6) is 5.75 Å². The van der Waals surface area contributed by atoms with Crippen molar-refractivity contribution in [3.05, 3.63) is 16.3 Å². The van der Waals surface area contributed by atoms with E-state index in [4.69, 9.17) is 9.84 Å². The van der Waals surface area contributed by atoms with Crippen molar-refractivity contribution in [1.29, 1.82) is 0 Å². The lowest BCUT2D eigenvalue weighted by Crippen LogP contribution is -1.94. The maximum Gasteiger partial charge on any atom is 0.346 e. The number of hydrogen-bond acceptors (Lipinski definition) is 3. The first-order valence-electron chi connectivity index (χ1n) is 3.68. The van der Waals surface area contributed by atoms with Crippen LogP contribution in [0.1, 0.15) is 23.0 Å². The SMILES string of the molecule is CCCOc1csc(C(=O)O)c1. The van der Waals surface area contributed by atoms with E-state index in [1.54, 1.807) is 11.4 Å². The van der Waals surface area contributed by atoms with Crippen molar-refractivity contribution in [2.45, 2.75) is 13.3 Å². The van der Waals surface area contributed by atoms with Crippen LogP contribution in [-0.2, 0) is 0 Å². The molecule has 12 heavy (non-hydrogen) atoms. The van der Waals surface area contributed by atoms with E-state index in [-0.39, 0.29) is 0 Å². The van der Waals surface area contributed by atoms with Crippen LogP contribution in [-0.4, -0.2) is 17.7 Å². The molecule has 0 spiro atoms. The van der Waals surface area contributed by atoms with Gasteiger partial charge in [-0.3, -0.25) is 0 Å². The molecule has 1 heterocycles. The molecule has 1 N–H and O–H groups in total. The summed E-state index contributed by atoms with van der Waals surface area (Å²) in [5.41, 5.74) is 0. The molecule has 3 nitrogen and oxygen atoms in total. The highest BCUT2D eigenvalue weighted by Crippen LogP contribution is 2.21. The Labute approximate surface area is 74.6 Å². The molecule has 0 saturated carbocycles. The van der Waals surface area contributed by atoms with Gasteiger partial charge in [-0.05, 0) is 6.42 Å². The molecule has 1 aromatic rings. The molecular weight excluding hydrogens is 176 g/mol. The maximum atomic E-state index is 10.4. The summed E-state index contributed by atoms with van der Waals surface area (Å²) in [5.74, 6) is -0.245. The van der Waals surface area contributed by atoms with Crippen molar-refractivity contribution in [2.75, 3.05) is 6.61 Å². The molecule has 0 aliphatic rings. The van der Waals surface area contributed by atoms with Gasteiger partial charge in [-0.25, -0.2) is 4.79 Å². The molecule has 0 amide bonds. The highest BCUT2D eigenvalue weighted by Gasteiger charge is 2.06. The Hall–Kier alpha value is -1.03. The lowest BCUT2D eigenvalue weighted by Gasteiger charge is -1.98. The molecule has 0 aromatic carbocycles. The zero-order valence-corrected chi connectivity index (χ0v) is 7.56. The van der Waals surface area contributed by atoms with E-state index in [0.717, 1.165) is 6.42 Å². The van der Waals surface area contributed by atoms with Gasteiger partial charge in [-0.1, -0.05) is 6.92 Å². The Morgan fingerprint density at radius 3 is 3.00 bits per heavy atom. The summed E-state index contributed by atoms with van der Waals surface area (Å²) < 4.78 is 5.23. The number of rotatable bonds is 4. The zero-order chi connectivity index (χ0) is 8.97. The number of aromatic carboxylic acids is 1. The van der Waals surface area contributed by atoms with Crippen LogP contribution in [0.15, 0.2) is 11.4 Å². The minimum absolute atomic E-state index is 0.320. The summed E-state index contributed by atoms with van der Waals surface area (Å²) in [6.07, 6.45) is 0.929. The van der Waals surface area contributed by atoms with Gasteiger partial charge in [0.15, 0.2) is 0 Å². The Kier molecular flexibility index (Phi) is 3.10. The number of hydrogen-bond donors (Lipinski definition) is 1. The topological polar surface area (TPSA) is 46.5 Å². The first-order chi connectivity index (χ1) is 5.74. The second-order valence-corrected chi connectivity index (χ2v) is 3.21. The molecule has 0 aliphatic carbocycles. The van der Waals surface area contributed by atoms with Gasteiger partial charge in [0, 0.05) is 11.4 Å². The maximum absolute atomic E-state index is 10.4. The molecule has 0 aliphatic heterocycles. The van der Waals surface area contributed by atoms with Crippen LogP contribution in [0.3, 0.4) is 0 Å². The highest BCUT2D eigenvalue weighted by molar-refractivity contribution is 7.12. The third kappa shape index (κ3) is 2.23. The third-order valence-electron chi connectivity index (χ3n) is 1.26. The Morgan fingerprint density at radius 1 is 1.75 bits per heavy atom. The Bertz CT molecular complexity index is 267. The van der Waals surface area contributed by atoms with Crippen LogP contribution in [0.25, 0.3) is 0 Å². The Balaban J connectivity index is 2.58. The molecule has 0 saturated heterocycles. The van der Waals surface area contributed by atoms with Crippen molar-refractivity contribution >= 4 is 17.3 Å². The van der Waals surface area contributed by atoms with E-state index >= 15 is 0 Å². The largest absolute Gasteiger partial charge is 0.493 e. The van der Waals surface area contributed by atoms with Crippen LogP contribution < -0.4 is 4.74 Å². The van der Waals surface area contributed by atoms with E-state index < -0.39 is 5.97 Å². The number of ether oxygens (including phenoxy) is 1. The van der Waals surface area contributed by atoms with E-state index in [0.29, 0.717) is 17.2 Å². The number of carboxylic acids is 1. The number of carbonyl (C=O) groups is 1. The quantitative estimate of drug-likeness (QED) is 0.784. The van der Waals surface area contributed by atoms with Crippen LogP contribution >= 0.6 is 11.3 Å². The second-order valence-electron chi connectivity index (χ2n) is 2.30. The first-order valence-corrected chi connectivity index (χ1v) is 4.56. The standard InChI is InChI=1S/C8H10O3S/c1-2-3-11-6-4-7(8(9)10)12-5-6/h4-5H,2-3H2,1H3,(H,9,10). The highest BCUT2D eigenvalue weighted by atomic mass is 32.1. The second kappa shape index (κ2) is 4.11. The molecule has 0 atom stereocenters. The average molecular weight is 186 g/mol. The molecule has 0 radical (unpaired) electrons. The first kappa shape index (κ1) is 9.06. The molecule has 0 unspecified atom stereocenters. The molecule has 4 heteroatoms. The van der Waals surface area contributed by atoms with Crippen molar-refractivity contribution in [2.24, 2.45) is 0 Å². The average Bonchev–Trinajstić information content (AvgIpc) is 2.48. The number of thiophene rings is 1. The molecule has 1 rings (SSSR count). The monoisotopic (exact) mass is 186 g/mol. The van der Waals surface area contributed by atoms with Gasteiger partial charge in [0.1, 0.15) is 10.6 Å². The normalized spacial score (nSPS) is 9.75. The summed E-state index contributed by atoms with van der Waals surface area (Å²) >= 11 is 1.18. The van der Waals surface area contributed by atoms with Gasteiger partial charge in [0.05, 0.1) is 6.61 Å². The van der Waals surface area contributed by atoms with Gasteiger partial charge in [-0.15, -0.1) is 11.3 Å². The fourth-order valence-corrected chi connectivity index (χ4v) is 1.39. The predicted molar refractivity (Wildman–Crippen MR) is 47.1 cm³/mol. The van der Waals surface area contributed by atoms with Crippen LogP contribution in [0.4, 0.5) is 0 Å². The predicted octanol–water partition coefficient (Wildman–Crippen LogP) is 2.24. The molecule has 0 bridgehead atoms. The van der Waals surface area contributed by atoms with Crippen molar-refractivity contribution in [3.8, 4) is 5.75 Å². The number of carboxylic acid groups (broad SMARTS) is 1. The third-order valence-corrected chi connectivity index (χ3v) is 2.16. The fourth-order valence-electron chi connectivity index (χ4n) is 0.727. The molecule has 0 fully saturated rings.